The van der Waals surface area contributed by atoms with Crippen molar-refractivity contribution in [1.29, 1.82) is 0 Å². The highest BCUT2D eigenvalue weighted by atomic mass is 16.5. The Morgan fingerprint density at radius 3 is 2.95 bits per heavy atom. The van der Waals surface area contributed by atoms with Crippen LogP contribution in [0.5, 0.6) is 0 Å². The molecule has 5 heteroatoms. The molecule has 0 aliphatic carbocycles. The first-order valence-electron chi connectivity index (χ1n) is 6.16. The lowest BCUT2D eigenvalue weighted by molar-refractivity contribution is -0.121. The van der Waals surface area contributed by atoms with Gasteiger partial charge in [-0.05, 0) is 32.0 Å². The Hall–Kier alpha value is -2.14. The van der Waals surface area contributed by atoms with E-state index in [1.165, 1.54) is 0 Å². The Labute approximate surface area is 112 Å². The van der Waals surface area contributed by atoms with Crippen LogP contribution in [0.3, 0.4) is 0 Å². The molecule has 0 atom stereocenters. The molecule has 0 unspecified atom stereocenters. The summed E-state index contributed by atoms with van der Waals surface area (Å²) in [4.78, 5) is 11.7. The van der Waals surface area contributed by atoms with Gasteiger partial charge in [-0.1, -0.05) is 12.1 Å². The van der Waals surface area contributed by atoms with Crippen molar-refractivity contribution in [3.05, 3.63) is 36.5 Å². The molecule has 0 radical (unpaired) electrons. The zero-order valence-corrected chi connectivity index (χ0v) is 11.0. The number of anilines is 1. The summed E-state index contributed by atoms with van der Waals surface area (Å²) >= 11 is 0. The molecule has 100 valence electrons. The molecule has 5 nitrogen and oxygen atoms in total. The van der Waals surface area contributed by atoms with E-state index < -0.39 is 0 Å². The van der Waals surface area contributed by atoms with Gasteiger partial charge in [0.05, 0.1) is 11.8 Å². The predicted octanol–water partition coefficient (Wildman–Crippen LogP) is 2.44. The quantitative estimate of drug-likeness (QED) is 0.866. The topological polar surface area (TPSA) is 67.0 Å². The van der Waals surface area contributed by atoms with Gasteiger partial charge in [0.2, 0.25) is 5.91 Å². The summed E-state index contributed by atoms with van der Waals surface area (Å²) in [6, 6.07) is 9.44. The van der Waals surface area contributed by atoms with E-state index in [2.05, 4.69) is 15.5 Å². The number of hydrogen-bond acceptors (Lipinski definition) is 3. The van der Waals surface area contributed by atoms with Crippen LogP contribution in [0.25, 0.3) is 11.3 Å². The number of carbonyl (C=O) groups excluding carboxylic acids is 1. The van der Waals surface area contributed by atoms with Crippen LogP contribution in [0.15, 0.2) is 36.5 Å². The molecule has 0 aliphatic heterocycles. The molecule has 2 rings (SSSR count). The van der Waals surface area contributed by atoms with Crippen LogP contribution >= 0.6 is 0 Å². The molecule has 1 heterocycles. The van der Waals surface area contributed by atoms with E-state index in [0.29, 0.717) is 0 Å². The van der Waals surface area contributed by atoms with Gasteiger partial charge in [0.15, 0.2) is 0 Å². The fourth-order valence-corrected chi connectivity index (χ4v) is 1.62. The molecule has 0 bridgehead atoms. The molecule has 2 N–H and O–H groups in total. The van der Waals surface area contributed by atoms with Crippen molar-refractivity contribution in [1.82, 2.24) is 10.2 Å². The molecule has 0 aliphatic rings. The zero-order valence-electron chi connectivity index (χ0n) is 11.0. The fraction of sp³-hybridized carbons (Fsp3) is 0.286. The minimum absolute atomic E-state index is 0.0436. The first kappa shape index (κ1) is 13.3. The third kappa shape index (κ3) is 3.93. The minimum Gasteiger partial charge on any atom is -0.369 e. The summed E-state index contributed by atoms with van der Waals surface area (Å²) in [5.74, 6) is -0.157. The Morgan fingerprint density at radius 2 is 2.26 bits per heavy atom. The van der Waals surface area contributed by atoms with Gasteiger partial charge in [-0.25, -0.2) is 0 Å². The highest BCUT2D eigenvalue weighted by Crippen LogP contribution is 2.20. The molecular formula is C14H17N3O2. The minimum atomic E-state index is -0.157. The van der Waals surface area contributed by atoms with E-state index in [1.807, 2.05) is 44.2 Å². The summed E-state index contributed by atoms with van der Waals surface area (Å²) in [5, 5.41) is 9.59. The maximum atomic E-state index is 11.7. The van der Waals surface area contributed by atoms with Gasteiger partial charge in [-0.2, -0.15) is 5.10 Å². The van der Waals surface area contributed by atoms with Crippen LogP contribution in [-0.4, -0.2) is 28.8 Å². The average Bonchev–Trinajstić information content (AvgIpc) is 2.90. The van der Waals surface area contributed by atoms with Crippen LogP contribution in [0, 0.1) is 0 Å². The third-order valence-electron chi connectivity index (χ3n) is 2.51. The fourth-order valence-electron chi connectivity index (χ4n) is 1.62. The monoisotopic (exact) mass is 259 g/mol. The largest absolute Gasteiger partial charge is 0.369 e. The number of aromatic amines is 1. The van der Waals surface area contributed by atoms with Crippen molar-refractivity contribution in [3.8, 4) is 11.3 Å². The van der Waals surface area contributed by atoms with Crippen molar-refractivity contribution in [2.45, 2.75) is 20.0 Å². The normalized spacial score (nSPS) is 10.7. The first-order valence-corrected chi connectivity index (χ1v) is 6.16. The highest BCUT2D eigenvalue weighted by Gasteiger charge is 2.05. The van der Waals surface area contributed by atoms with Crippen LogP contribution in [0.4, 0.5) is 5.69 Å². The predicted molar refractivity (Wildman–Crippen MR) is 73.7 cm³/mol. The van der Waals surface area contributed by atoms with Gasteiger partial charge in [0.25, 0.3) is 0 Å². The van der Waals surface area contributed by atoms with Crippen molar-refractivity contribution in [3.63, 3.8) is 0 Å². The molecule has 0 spiro atoms. The van der Waals surface area contributed by atoms with E-state index in [4.69, 9.17) is 4.74 Å². The second-order valence-corrected chi connectivity index (χ2v) is 4.46. The molecule has 0 saturated heterocycles. The van der Waals surface area contributed by atoms with E-state index in [9.17, 15) is 4.79 Å². The number of aromatic nitrogens is 2. The summed E-state index contributed by atoms with van der Waals surface area (Å²) in [5.41, 5.74) is 2.62. The summed E-state index contributed by atoms with van der Waals surface area (Å²) in [6.45, 7) is 3.85. The molecule has 1 aromatic heterocycles. The van der Waals surface area contributed by atoms with Gasteiger partial charge in [0, 0.05) is 17.4 Å². The van der Waals surface area contributed by atoms with Gasteiger partial charge in [-0.3, -0.25) is 9.89 Å². The lowest BCUT2D eigenvalue weighted by Gasteiger charge is -2.09. The number of rotatable bonds is 5. The number of nitrogens with zero attached hydrogens (tertiary/aromatic N) is 1. The average molecular weight is 259 g/mol. The molecule has 2 aromatic rings. The number of carbonyl (C=O) groups is 1. The zero-order chi connectivity index (χ0) is 13.7. The van der Waals surface area contributed by atoms with E-state index in [0.717, 1.165) is 16.9 Å². The number of benzene rings is 1. The van der Waals surface area contributed by atoms with Crippen LogP contribution in [0.2, 0.25) is 0 Å². The Morgan fingerprint density at radius 1 is 1.42 bits per heavy atom. The van der Waals surface area contributed by atoms with Crippen molar-refractivity contribution in [2.75, 3.05) is 11.9 Å². The SMILES string of the molecule is CC(C)OCC(=O)Nc1cccc(-c2ccn[nH]2)c1. The van der Waals surface area contributed by atoms with Crippen LogP contribution in [0.1, 0.15) is 13.8 Å². The summed E-state index contributed by atoms with van der Waals surface area (Å²) in [6.07, 6.45) is 1.74. The Bertz CT molecular complexity index is 535. The molecule has 1 amide bonds. The second-order valence-electron chi connectivity index (χ2n) is 4.46. The molecule has 1 aromatic carbocycles. The Kier molecular flexibility index (Phi) is 4.30. The maximum absolute atomic E-state index is 11.7. The van der Waals surface area contributed by atoms with E-state index >= 15 is 0 Å². The number of nitrogens with one attached hydrogen (secondary N) is 2. The van der Waals surface area contributed by atoms with E-state index in [-0.39, 0.29) is 18.6 Å². The molecule has 0 saturated carbocycles. The highest BCUT2D eigenvalue weighted by molar-refractivity contribution is 5.92. The standard InChI is InChI=1S/C14H17N3O2/c1-10(2)19-9-14(18)16-12-5-3-4-11(8-12)13-6-7-15-17-13/h3-8,10H,9H2,1-2H3,(H,15,17)(H,16,18). The van der Waals surface area contributed by atoms with E-state index in [1.54, 1.807) is 6.20 Å². The third-order valence-corrected chi connectivity index (χ3v) is 2.51. The van der Waals surface area contributed by atoms with Gasteiger partial charge >= 0.3 is 0 Å². The van der Waals surface area contributed by atoms with Crippen molar-refractivity contribution < 1.29 is 9.53 Å². The number of H-pyrrole nitrogens is 1. The van der Waals surface area contributed by atoms with Gasteiger partial charge in [0.1, 0.15) is 6.61 Å². The Balaban J connectivity index is 2.01. The lowest BCUT2D eigenvalue weighted by Crippen LogP contribution is -2.20. The maximum Gasteiger partial charge on any atom is 0.250 e. The second kappa shape index (κ2) is 6.15. The number of ether oxygens (including phenoxy) is 1. The van der Waals surface area contributed by atoms with Gasteiger partial charge in [-0.15, -0.1) is 0 Å². The number of hydrogen-bond donors (Lipinski definition) is 2. The molecule has 0 fully saturated rings. The van der Waals surface area contributed by atoms with Crippen molar-refractivity contribution >= 4 is 11.6 Å². The number of amides is 1. The summed E-state index contributed by atoms with van der Waals surface area (Å²) < 4.78 is 5.25. The van der Waals surface area contributed by atoms with Gasteiger partial charge < -0.3 is 10.1 Å². The van der Waals surface area contributed by atoms with Crippen LogP contribution in [-0.2, 0) is 9.53 Å². The molecule has 19 heavy (non-hydrogen) atoms. The summed E-state index contributed by atoms with van der Waals surface area (Å²) in [7, 11) is 0. The molecular weight excluding hydrogens is 242 g/mol. The first-order chi connectivity index (χ1) is 9.15. The smallest absolute Gasteiger partial charge is 0.250 e. The van der Waals surface area contributed by atoms with Crippen molar-refractivity contribution in [2.24, 2.45) is 0 Å². The lowest BCUT2D eigenvalue weighted by atomic mass is 10.1. The van der Waals surface area contributed by atoms with Crippen LogP contribution < -0.4 is 5.32 Å².